The SMILES string of the molecule is CNC(CCF)C(O)c1ccc2ccsc2c1. The van der Waals surface area contributed by atoms with E-state index in [0.29, 0.717) is 6.42 Å². The second kappa shape index (κ2) is 5.58. The smallest absolute Gasteiger partial charge is 0.0944 e. The van der Waals surface area contributed by atoms with Gasteiger partial charge in [-0.05, 0) is 41.9 Å². The number of aliphatic hydroxyl groups excluding tert-OH is 1. The Morgan fingerprint density at radius 3 is 2.94 bits per heavy atom. The fraction of sp³-hybridized carbons (Fsp3) is 0.385. The normalized spacial score (nSPS) is 15.0. The molecule has 0 saturated heterocycles. The number of halogens is 1. The average Bonchev–Trinajstić information content (AvgIpc) is 2.82. The van der Waals surface area contributed by atoms with E-state index in [1.807, 2.05) is 29.6 Å². The van der Waals surface area contributed by atoms with E-state index >= 15 is 0 Å². The number of benzene rings is 1. The van der Waals surface area contributed by atoms with Crippen molar-refractivity contribution in [3.8, 4) is 0 Å². The molecule has 0 bridgehead atoms. The fourth-order valence-electron chi connectivity index (χ4n) is 1.97. The minimum atomic E-state index is -0.665. The van der Waals surface area contributed by atoms with Crippen molar-refractivity contribution >= 4 is 21.4 Å². The number of fused-ring (bicyclic) bond motifs is 1. The molecule has 0 aliphatic carbocycles. The van der Waals surface area contributed by atoms with E-state index < -0.39 is 12.8 Å². The van der Waals surface area contributed by atoms with Gasteiger partial charge in [-0.25, -0.2) is 0 Å². The summed E-state index contributed by atoms with van der Waals surface area (Å²) < 4.78 is 13.5. The van der Waals surface area contributed by atoms with Gasteiger partial charge in [0, 0.05) is 10.7 Å². The van der Waals surface area contributed by atoms with Crippen LogP contribution in [-0.4, -0.2) is 24.9 Å². The lowest BCUT2D eigenvalue weighted by Crippen LogP contribution is -2.32. The minimum absolute atomic E-state index is 0.239. The van der Waals surface area contributed by atoms with Crippen LogP contribution in [0.3, 0.4) is 0 Å². The lowest BCUT2D eigenvalue weighted by atomic mass is 10.00. The third-order valence-corrected chi connectivity index (χ3v) is 3.87. The van der Waals surface area contributed by atoms with Crippen LogP contribution in [-0.2, 0) is 0 Å². The standard InChI is InChI=1S/C13H16FNOS/c1-15-11(4-6-14)13(16)10-3-2-9-5-7-17-12(9)8-10/h2-3,5,7-8,11,13,15-16H,4,6H2,1H3. The van der Waals surface area contributed by atoms with Crippen molar-refractivity contribution in [3.05, 3.63) is 35.2 Å². The number of hydrogen-bond donors (Lipinski definition) is 2. The monoisotopic (exact) mass is 253 g/mol. The zero-order valence-corrected chi connectivity index (χ0v) is 10.5. The van der Waals surface area contributed by atoms with E-state index in [1.54, 1.807) is 18.4 Å². The van der Waals surface area contributed by atoms with Crippen molar-refractivity contribution in [1.29, 1.82) is 0 Å². The molecule has 0 fully saturated rings. The van der Waals surface area contributed by atoms with Crippen LogP contribution in [0.2, 0.25) is 0 Å². The second-order valence-corrected chi connectivity index (χ2v) is 4.98. The Balaban J connectivity index is 2.24. The molecule has 2 nitrogen and oxygen atoms in total. The molecule has 1 aromatic carbocycles. The predicted octanol–water partition coefficient (Wildman–Crippen LogP) is 2.88. The molecule has 2 rings (SSSR count). The quantitative estimate of drug-likeness (QED) is 0.858. The Hall–Kier alpha value is -0.970. The Labute approximate surface area is 104 Å². The van der Waals surface area contributed by atoms with Gasteiger partial charge in [-0.2, -0.15) is 0 Å². The van der Waals surface area contributed by atoms with Crippen LogP contribution in [0, 0.1) is 0 Å². The molecule has 2 N–H and O–H groups in total. The summed E-state index contributed by atoms with van der Waals surface area (Å²) in [6.07, 6.45) is -0.345. The van der Waals surface area contributed by atoms with Gasteiger partial charge in [0.25, 0.3) is 0 Å². The Bertz CT molecular complexity index is 485. The van der Waals surface area contributed by atoms with Crippen LogP contribution >= 0.6 is 11.3 Å². The van der Waals surface area contributed by atoms with Crippen molar-refractivity contribution in [2.45, 2.75) is 18.6 Å². The molecular weight excluding hydrogens is 237 g/mol. The highest BCUT2D eigenvalue weighted by molar-refractivity contribution is 7.17. The van der Waals surface area contributed by atoms with E-state index in [4.69, 9.17) is 0 Å². The van der Waals surface area contributed by atoms with E-state index in [0.717, 1.165) is 10.3 Å². The molecule has 0 spiro atoms. The van der Waals surface area contributed by atoms with Gasteiger partial charge in [-0.15, -0.1) is 11.3 Å². The highest BCUT2D eigenvalue weighted by Crippen LogP contribution is 2.26. The van der Waals surface area contributed by atoms with Crippen LogP contribution in [0.5, 0.6) is 0 Å². The first kappa shape index (κ1) is 12.5. The van der Waals surface area contributed by atoms with Gasteiger partial charge in [-0.1, -0.05) is 12.1 Å². The molecule has 2 unspecified atom stereocenters. The van der Waals surface area contributed by atoms with Gasteiger partial charge in [-0.3, -0.25) is 4.39 Å². The molecule has 0 amide bonds. The maximum Gasteiger partial charge on any atom is 0.0944 e. The molecule has 1 heterocycles. The number of alkyl halides is 1. The number of thiophene rings is 1. The fourth-order valence-corrected chi connectivity index (χ4v) is 2.80. The van der Waals surface area contributed by atoms with Crippen LogP contribution in [0.25, 0.3) is 10.1 Å². The van der Waals surface area contributed by atoms with Crippen LogP contribution < -0.4 is 5.32 Å². The molecule has 92 valence electrons. The summed E-state index contributed by atoms with van der Waals surface area (Å²) in [6.45, 7) is -0.427. The topological polar surface area (TPSA) is 32.3 Å². The van der Waals surface area contributed by atoms with Crippen molar-refractivity contribution in [3.63, 3.8) is 0 Å². The molecule has 1 aromatic heterocycles. The highest BCUT2D eigenvalue weighted by Gasteiger charge is 2.19. The summed E-state index contributed by atoms with van der Waals surface area (Å²) in [5, 5.41) is 16.3. The molecule has 0 saturated carbocycles. The summed E-state index contributed by atoms with van der Waals surface area (Å²) in [5.74, 6) is 0. The summed E-state index contributed by atoms with van der Waals surface area (Å²) in [7, 11) is 1.74. The van der Waals surface area contributed by atoms with Crippen molar-refractivity contribution in [2.75, 3.05) is 13.7 Å². The Kier molecular flexibility index (Phi) is 4.10. The van der Waals surface area contributed by atoms with Crippen LogP contribution in [0.1, 0.15) is 18.1 Å². The maximum atomic E-state index is 12.4. The Morgan fingerprint density at radius 2 is 2.24 bits per heavy atom. The van der Waals surface area contributed by atoms with E-state index in [1.165, 1.54) is 5.39 Å². The first-order valence-electron chi connectivity index (χ1n) is 5.64. The number of hydrogen-bond acceptors (Lipinski definition) is 3. The van der Waals surface area contributed by atoms with Gasteiger partial charge >= 0.3 is 0 Å². The van der Waals surface area contributed by atoms with Crippen LogP contribution in [0.4, 0.5) is 4.39 Å². The molecule has 0 aliphatic heterocycles. The van der Waals surface area contributed by atoms with Crippen LogP contribution in [0.15, 0.2) is 29.6 Å². The summed E-state index contributed by atoms with van der Waals surface area (Å²) in [4.78, 5) is 0. The van der Waals surface area contributed by atoms with Crippen molar-refractivity contribution in [1.82, 2.24) is 5.32 Å². The number of nitrogens with one attached hydrogen (secondary N) is 1. The number of likely N-dealkylation sites (N-methyl/N-ethyl adjacent to an activating group) is 1. The van der Waals surface area contributed by atoms with Crippen molar-refractivity contribution in [2.24, 2.45) is 0 Å². The molecule has 17 heavy (non-hydrogen) atoms. The molecule has 0 aliphatic rings. The molecule has 0 radical (unpaired) electrons. The maximum absolute atomic E-state index is 12.4. The highest BCUT2D eigenvalue weighted by atomic mass is 32.1. The van der Waals surface area contributed by atoms with E-state index in [2.05, 4.69) is 5.32 Å². The van der Waals surface area contributed by atoms with E-state index in [9.17, 15) is 9.50 Å². The third kappa shape index (κ3) is 2.65. The summed E-state index contributed by atoms with van der Waals surface area (Å²) in [5.41, 5.74) is 0.841. The second-order valence-electron chi connectivity index (χ2n) is 4.04. The summed E-state index contributed by atoms with van der Waals surface area (Å²) >= 11 is 1.65. The first-order chi connectivity index (χ1) is 8.26. The average molecular weight is 253 g/mol. The minimum Gasteiger partial charge on any atom is -0.387 e. The third-order valence-electron chi connectivity index (χ3n) is 2.99. The zero-order valence-electron chi connectivity index (χ0n) is 9.69. The van der Waals surface area contributed by atoms with Gasteiger partial charge in [0.2, 0.25) is 0 Å². The molecule has 2 aromatic rings. The molecular formula is C13H16FNOS. The molecule has 4 heteroatoms. The van der Waals surface area contributed by atoms with Gasteiger partial charge in [0.1, 0.15) is 0 Å². The lowest BCUT2D eigenvalue weighted by molar-refractivity contribution is 0.123. The summed E-state index contributed by atoms with van der Waals surface area (Å²) in [6, 6.07) is 7.69. The number of aliphatic hydroxyl groups is 1. The van der Waals surface area contributed by atoms with Gasteiger partial charge in [0.05, 0.1) is 12.8 Å². The number of rotatable bonds is 5. The lowest BCUT2D eigenvalue weighted by Gasteiger charge is -2.21. The largest absolute Gasteiger partial charge is 0.387 e. The van der Waals surface area contributed by atoms with Crippen molar-refractivity contribution < 1.29 is 9.50 Å². The molecule has 2 atom stereocenters. The van der Waals surface area contributed by atoms with Gasteiger partial charge in [0.15, 0.2) is 0 Å². The van der Waals surface area contributed by atoms with E-state index in [-0.39, 0.29) is 6.04 Å². The Morgan fingerprint density at radius 1 is 1.41 bits per heavy atom. The first-order valence-corrected chi connectivity index (χ1v) is 6.52. The zero-order chi connectivity index (χ0) is 12.3. The predicted molar refractivity (Wildman–Crippen MR) is 70.2 cm³/mol. The van der Waals surface area contributed by atoms with Gasteiger partial charge < -0.3 is 10.4 Å².